The molecule has 1 spiro atoms. The van der Waals surface area contributed by atoms with E-state index in [9.17, 15) is 0 Å². The predicted molar refractivity (Wildman–Crippen MR) is 111 cm³/mol. The fourth-order valence-electron chi connectivity index (χ4n) is 4.81. The lowest BCUT2D eigenvalue weighted by atomic mass is 9.74. The molecular formula is C25H27NO. The van der Waals surface area contributed by atoms with Gasteiger partial charge in [-0.25, -0.2) is 0 Å². The van der Waals surface area contributed by atoms with E-state index in [0.717, 1.165) is 12.2 Å². The van der Waals surface area contributed by atoms with Crippen LogP contribution in [0.5, 0.6) is 5.75 Å². The first-order chi connectivity index (χ1) is 13.3. The van der Waals surface area contributed by atoms with E-state index in [1.807, 2.05) is 0 Å². The van der Waals surface area contributed by atoms with Gasteiger partial charge in [-0.15, -0.1) is 0 Å². The molecule has 0 bridgehead atoms. The van der Waals surface area contributed by atoms with Crippen LogP contribution in [0.3, 0.4) is 0 Å². The Morgan fingerprint density at radius 2 is 1.78 bits per heavy atom. The Kier molecular flexibility index (Phi) is 4.37. The molecule has 138 valence electrons. The minimum absolute atomic E-state index is 0.360. The van der Waals surface area contributed by atoms with Crippen LogP contribution >= 0.6 is 0 Å². The highest BCUT2D eigenvalue weighted by Crippen LogP contribution is 2.35. The molecule has 0 saturated carbocycles. The standard InChI is InChI=1S/C25H27NO/c1-2-6-21-15-19(7-8-20(21)5-1)18-27-24-10-9-23-17-25(12-3-4-14-26-25)13-11-22(23)16-24/h1-2,5-10,15-16,26H,3-4,11-14,17-18H2. The molecule has 1 atom stereocenters. The van der Waals surface area contributed by atoms with Crippen LogP contribution in [-0.4, -0.2) is 12.1 Å². The Morgan fingerprint density at radius 1 is 0.852 bits per heavy atom. The van der Waals surface area contributed by atoms with E-state index < -0.39 is 0 Å². The lowest BCUT2D eigenvalue weighted by Gasteiger charge is -2.42. The van der Waals surface area contributed by atoms with Crippen LogP contribution in [0, 0.1) is 0 Å². The molecule has 1 N–H and O–H groups in total. The Labute approximate surface area is 161 Å². The second kappa shape index (κ2) is 7.01. The van der Waals surface area contributed by atoms with Crippen molar-refractivity contribution in [3.63, 3.8) is 0 Å². The van der Waals surface area contributed by atoms with Gasteiger partial charge in [0.1, 0.15) is 12.4 Å². The van der Waals surface area contributed by atoms with E-state index in [0.29, 0.717) is 12.1 Å². The Bertz CT molecular complexity index is 955. The second-order valence-electron chi connectivity index (χ2n) is 8.24. The van der Waals surface area contributed by atoms with E-state index in [1.54, 1.807) is 0 Å². The van der Waals surface area contributed by atoms with Gasteiger partial charge >= 0.3 is 0 Å². The first-order valence-corrected chi connectivity index (χ1v) is 10.3. The van der Waals surface area contributed by atoms with Crippen molar-refractivity contribution in [3.8, 4) is 5.75 Å². The van der Waals surface area contributed by atoms with E-state index in [-0.39, 0.29) is 0 Å². The van der Waals surface area contributed by atoms with Crippen molar-refractivity contribution in [1.82, 2.24) is 5.32 Å². The molecule has 1 aliphatic carbocycles. The zero-order chi connectivity index (χ0) is 18.1. The Balaban J connectivity index is 1.29. The zero-order valence-electron chi connectivity index (χ0n) is 15.8. The quantitative estimate of drug-likeness (QED) is 0.676. The van der Waals surface area contributed by atoms with E-state index in [1.165, 1.54) is 66.1 Å². The van der Waals surface area contributed by atoms with Crippen molar-refractivity contribution < 1.29 is 4.74 Å². The highest BCUT2D eigenvalue weighted by molar-refractivity contribution is 5.82. The topological polar surface area (TPSA) is 21.3 Å². The number of nitrogens with one attached hydrogen (secondary N) is 1. The maximum Gasteiger partial charge on any atom is 0.120 e. The molecule has 0 amide bonds. The normalized spacial score (nSPS) is 21.9. The zero-order valence-corrected chi connectivity index (χ0v) is 15.8. The van der Waals surface area contributed by atoms with Gasteiger partial charge in [0.25, 0.3) is 0 Å². The summed E-state index contributed by atoms with van der Waals surface area (Å²) in [5.74, 6) is 0.995. The molecule has 1 heterocycles. The number of hydrogen-bond donors (Lipinski definition) is 1. The number of piperidine rings is 1. The molecule has 5 rings (SSSR count). The first kappa shape index (κ1) is 16.8. The average molecular weight is 357 g/mol. The summed E-state index contributed by atoms with van der Waals surface area (Å²) in [6.45, 7) is 1.80. The molecule has 27 heavy (non-hydrogen) atoms. The third-order valence-electron chi connectivity index (χ3n) is 6.38. The minimum Gasteiger partial charge on any atom is -0.489 e. The summed E-state index contributed by atoms with van der Waals surface area (Å²) in [7, 11) is 0. The first-order valence-electron chi connectivity index (χ1n) is 10.3. The van der Waals surface area contributed by atoms with Gasteiger partial charge in [0.2, 0.25) is 0 Å². The fraction of sp³-hybridized carbons (Fsp3) is 0.360. The van der Waals surface area contributed by atoms with Gasteiger partial charge in [0, 0.05) is 5.54 Å². The summed E-state index contributed by atoms with van der Waals surface area (Å²) in [6.07, 6.45) is 7.62. The number of benzene rings is 3. The van der Waals surface area contributed by atoms with Crippen molar-refractivity contribution in [2.75, 3.05) is 6.54 Å². The molecule has 1 aliphatic heterocycles. The van der Waals surface area contributed by atoms with Gasteiger partial charge in [-0.2, -0.15) is 0 Å². The van der Waals surface area contributed by atoms with Gasteiger partial charge in [-0.05, 0) is 84.3 Å². The molecule has 2 heteroatoms. The number of hydrogen-bond acceptors (Lipinski definition) is 2. The highest BCUT2D eigenvalue weighted by atomic mass is 16.5. The third kappa shape index (κ3) is 3.46. The summed E-state index contributed by atoms with van der Waals surface area (Å²) < 4.78 is 6.13. The second-order valence-corrected chi connectivity index (χ2v) is 8.24. The minimum atomic E-state index is 0.360. The number of rotatable bonds is 3. The highest BCUT2D eigenvalue weighted by Gasteiger charge is 2.35. The van der Waals surface area contributed by atoms with Crippen molar-refractivity contribution in [2.24, 2.45) is 0 Å². The van der Waals surface area contributed by atoms with Crippen LogP contribution in [0.2, 0.25) is 0 Å². The van der Waals surface area contributed by atoms with Crippen molar-refractivity contribution in [2.45, 2.75) is 50.7 Å². The molecule has 1 fully saturated rings. The van der Waals surface area contributed by atoms with E-state index in [2.05, 4.69) is 66.0 Å². The lowest BCUT2D eigenvalue weighted by molar-refractivity contribution is 0.225. The van der Waals surface area contributed by atoms with Gasteiger partial charge in [0.15, 0.2) is 0 Å². The van der Waals surface area contributed by atoms with Gasteiger partial charge in [-0.1, -0.05) is 48.9 Å². The summed E-state index contributed by atoms with van der Waals surface area (Å²) in [5, 5.41) is 6.37. The maximum absolute atomic E-state index is 6.13. The van der Waals surface area contributed by atoms with Crippen molar-refractivity contribution in [1.29, 1.82) is 0 Å². The van der Waals surface area contributed by atoms with Gasteiger partial charge in [0.05, 0.1) is 0 Å². The molecule has 3 aromatic carbocycles. The van der Waals surface area contributed by atoms with Crippen LogP contribution in [0.25, 0.3) is 10.8 Å². The molecule has 2 nitrogen and oxygen atoms in total. The van der Waals surface area contributed by atoms with E-state index >= 15 is 0 Å². The van der Waals surface area contributed by atoms with Gasteiger partial charge < -0.3 is 10.1 Å². The van der Waals surface area contributed by atoms with Crippen LogP contribution in [0.4, 0.5) is 0 Å². The third-order valence-corrected chi connectivity index (χ3v) is 6.38. The van der Waals surface area contributed by atoms with Gasteiger partial charge in [-0.3, -0.25) is 0 Å². The molecule has 1 unspecified atom stereocenters. The Hall–Kier alpha value is -2.32. The van der Waals surface area contributed by atoms with Crippen LogP contribution < -0.4 is 10.1 Å². The summed E-state index contributed by atoms with van der Waals surface area (Å²) in [6, 6.07) is 21.8. The van der Waals surface area contributed by atoms with E-state index in [4.69, 9.17) is 4.74 Å². The average Bonchev–Trinajstić information content (AvgIpc) is 2.73. The smallest absolute Gasteiger partial charge is 0.120 e. The monoisotopic (exact) mass is 357 g/mol. The summed E-state index contributed by atoms with van der Waals surface area (Å²) >= 11 is 0. The molecule has 3 aromatic rings. The SMILES string of the molecule is c1ccc2cc(COc3ccc4c(c3)CCC3(CCCCN3)C4)ccc2c1. The predicted octanol–water partition coefficient (Wildman–Crippen LogP) is 5.42. The number of aryl methyl sites for hydroxylation is 1. The van der Waals surface area contributed by atoms with Crippen LogP contribution in [0.1, 0.15) is 42.4 Å². The summed E-state index contributed by atoms with van der Waals surface area (Å²) in [5.41, 5.74) is 4.56. The Morgan fingerprint density at radius 3 is 2.67 bits per heavy atom. The largest absolute Gasteiger partial charge is 0.489 e. The fourth-order valence-corrected chi connectivity index (χ4v) is 4.81. The molecular weight excluding hydrogens is 330 g/mol. The molecule has 2 aliphatic rings. The summed E-state index contributed by atoms with van der Waals surface area (Å²) in [4.78, 5) is 0. The molecule has 1 saturated heterocycles. The molecule has 0 aromatic heterocycles. The lowest BCUT2D eigenvalue weighted by Crippen LogP contribution is -2.52. The van der Waals surface area contributed by atoms with Crippen molar-refractivity contribution >= 4 is 10.8 Å². The molecule has 0 radical (unpaired) electrons. The maximum atomic E-state index is 6.13. The van der Waals surface area contributed by atoms with Crippen molar-refractivity contribution in [3.05, 3.63) is 77.4 Å². The number of ether oxygens (including phenoxy) is 1. The van der Waals surface area contributed by atoms with Crippen LogP contribution in [0.15, 0.2) is 60.7 Å². The van der Waals surface area contributed by atoms with Crippen LogP contribution in [-0.2, 0) is 19.4 Å². The number of fused-ring (bicyclic) bond motifs is 2.